The van der Waals surface area contributed by atoms with Gasteiger partial charge in [0.05, 0.1) is 0 Å². The minimum atomic E-state index is 0.167. The summed E-state index contributed by atoms with van der Waals surface area (Å²) in [6.07, 6.45) is 0. The first-order chi connectivity index (χ1) is 12.8. The third-order valence-corrected chi connectivity index (χ3v) is 4.79. The number of rotatable bonds is 2. The largest absolute Gasteiger partial charge is 0.504 e. The lowest BCUT2D eigenvalue weighted by molar-refractivity contribution is 0.418. The van der Waals surface area contributed by atoms with Crippen LogP contribution < -0.4 is 4.74 Å². The maximum atomic E-state index is 10.6. The van der Waals surface area contributed by atoms with Crippen molar-refractivity contribution in [1.82, 2.24) is 0 Å². The van der Waals surface area contributed by atoms with Crippen molar-refractivity contribution in [2.45, 2.75) is 0 Å². The van der Waals surface area contributed by atoms with E-state index < -0.39 is 0 Å². The summed E-state index contributed by atoms with van der Waals surface area (Å²) in [5.74, 6) is 1.36. The summed E-state index contributed by atoms with van der Waals surface area (Å²) in [7, 11) is 0. The van der Waals surface area contributed by atoms with Crippen molar-refractivity contribution in [1.29, 1.82) is 0 Å². The van der Waals surface area contributed by atoms with Crippen LogP contribution in [-0.4, -0.2) is 5.11 Å². The van der Waals surface area contributed by atoms with E-state index in [1.807, 2.05) is 60.7 Å². The van der Waals surface area contributed by atoms with Crippen molar-refractivity contribution in [3.05, 3.63) is 91.0 Å². The van der Waals surface area contributed by atoms with Crippen molar-refractivity contribution in [2.24, 2.45) is 0 Å². The number of phenolic OH excluding ortho intramolecular Hbond substituents is 1. The number of hydrogen-bond donors (Lipinski definition) is 1. The molecule has 0 saturated carbocycles. The predicted molar refractivity (Wildman–Crippen MR) is 107 cm³/mol. The molecular formula is C24H16O2. The molecule has 0 aliphatic rings. The standard InChI is InChI=1S/C24H16O2/c25-24-20-10-4-3-6-16(20)12-13-23(24)26-22-11-5-9-19-14-17-7-1-2-8-18(17)15-21(19)22/h1-15,25H. The Labute approximate surface area is 150 Å². The Hall–Kier alpha value is -3.52. The van der Waals surface area contributed by atoms with Gasteiger partial charge in [0.1, 0.15) is 5.75 Å². The Morgan fingerprint density at radius 1 is 0.500 bits per heavy atom. The summed E-state index contributed by atoms with van der Waals surface area (Å²) in [5, 5.41) is 16.9. The first-order valence-electron chi connectivity index (χ1n) is 8.60. The van der Waals surface area contributed by atoms with Gasteiger partial charge < -0.3 is 9.84 Å². The molecule has 0 aliphatic heterocycles. The SMILES string of the molecule is Oc1c(Oc2cccc3cc4ccccc4cc23)ccc2ccccc12. The molecule has 5 aromatic carbocycles. The third kappa shape index (κ3) is 2.35. The van der Waals surface area contributed by atoms with Gasteiger partial charge in [0, 0.05) is 10.8 Å². The minimum Gasteiger partial charge on any atom is -0.504 e. The molecule has 0 saturated heterocycles. The number of ether oxygens (including phenoxy) is 1. The molecule has 0 aliphatic carbocycles. The smallest absolute Gasteiger partial charge is 0.169 e. The Morgan fingerprint density at radius 2 is 1.19 bits per heavy atom. The van der Waals surface area contributed by atoms with Crippen molar-refractivity contribution < 1.29 is 9.84 Å². The summed E-state index contributed by atoms with van der Waals surface area (Å²) in [4.78, 5) is 0. The zero-order valence-corrected chi connectivity index (χ0v) is 14.0. The molecule has 0 radical (unpaired) electrons. The van der Waals surface area contributed by atoms with Gasteiger partial charge in [-0.15, -0.1) is 0 Å². The molecular weight excluding hydrogens is 320 g/mol. The van der Waals surface area contributed by atoms with E-state index in [2.05, 4.69) is 30.3 Å². The molecule has 2 heteroatoms. The molecule has 5 rings (SSSR count). The number of hydrogen-bond acceptors (Lipinski definition) is 2. The summed E-state index contributed by atoms with van der Waals surface area (Å²) in [6, 6.07) is 30.1. The number of aromatic hydroxyl groups is 1. The Kier molecular flexibility index (Phi) is 3.29. The van der Waals surface area contributed by atoms with Crippen molar-refractivity contribution in [2.75, 3.05) is 0 Å². The molecule has 2 nitrogen and oxygen atoms in total. The quantitative estimate of drug-likeness (QED) is 0.366. The van der Waals surface area contributed by atoms with Crippen LogP contribution in [0.15, 0.2) is 91.0 Å². The fraction of sp³-hybridized carbons (Fsp3) is 0. The normalized spacial score (nSPS) is 11.2. The zero-order valence-electron chi connectivity index (χ0n) is 14.0. The van der Waals surface area contributed by atoms with Gasteiger partial charge in [-0.25, -0.2) is 0 Å². The molecule has 124 valence electrons. The second kappa shape index (κ2) is 5.78. The van der Waals surface area contributed by atoms with Gasteiger partial charge in [0.15, 0.2) is 11.5 Å². The van der Waals surface area contributed by atoms with E-state index in [0.29, 0.717) is 5.75 Å². The van der Waals surface area contributed by atoms with E-state index in [4.69, 9.17) is 4.74 Å². The van der Waals surface area contributed by atoms with Crippen LogP contribution in [0.5, 0.6) is 17.2 Å². The Morgan fingerprint density at radius 3 is 2.04 bits per heavy atom. The Bertz CT molecular complexity index is 1270. The summed E-state index contributed by atoms with van der Waals surface area (Å²) < 4.78 is 6.13. The highest BCUT2D eigenvalue weighted by atomic mass is 16.5. The zero-order chi connectivity index (χ0) is 17.5. The van der Waals surface area contributed by atoms with Crippen LogP contribution in [0.25, 0.3) is 32.3 Å². The molecule has 0 amide bonds. The van der Waals surface area contributed by atoms with E-state index in [9.17, 15) is 5.11 Å². The van der Waals surface area contributed by atoms with Gasteiger partial charge in [0.2, 0.25) is 0 Å². The van der Waals surface area contributed by atoms with Crippen LogP contribution >= 0.6 is 0 Å². The molecule has 0 fully saturated rings. The molecule has 0 heterocycles. The molecule has 0 spiro atoms. The van der Waals surface area contributed by atoms with Gasteiger partial charge in [-0.2, -0.15) is 0 Å². The third-order valence-electron chi connectivity index (χ3n) is 4.79. The number of phenols is 1. The highest BCUT2D eigenvalue weighted by molar-refractivity contribution is 6.01. The number of benzene rings is 5. The van der Waals surface area contributed by atoms with Crippen LogP contribution in [0.1, 0.15) is 0 Å². The van der Waals surface area contributed by atoms with Gasteiger partial charge in [-0.3, -0.25) is 0 Å². The van der Waals surface area contributed by atoms with Gasteiger partial charge in [0.25, 0.3) is 0 Å². The van der Waals surface area contributed by atoms with Crippen LogP contribution in [0.3, 0.4) is 0 Å². The van der Waals surface area contributed by atoms with Gasteiger partial charge in [-0.1, -0.05) is 66.7 Å². The van der Waals surface area contributed by atoms with Crippen molar-refractivity contribution >= 4 is 32.3 Å². The minimum absolute atomic E-state index is 0.167. The van der Waals surface area contributed by atoms with E-state index in [0.717, 1.165) is 27.3 Å². The fourth-order valence-corrected chi connectivity index (χ4v) is 3.46. The summed E-state index contributed by atoms with van der Waals surface area (Å²) in [5.41, 5.74) is 0. The number of fused-ring (bicyclic) bond motifs is 3. The molecule has 5 aromatic rings. The van der Waals surface area contributed by atoms with Gasteiger partial charge in [-0.05, 0) is 45.8 Å². The maximum Gasteiger partial charge on any atom is 0.169 e. The lowest BCUT2D eigenvalue weighted by Crippen LogP contribution is -1.88. The van der Waals surface area contributed by atoms with E-state index in [1.165, 1.54) is 10.8 Å². The lowest BCUT2D eigenvalue weighted by atomic mass is 10.0. The predicted octanol–water partition coefficient (Wildman–Crippen LogP) is 6.64. The van der Waals surface area contributed by atoms with Gasteiger partial charge >= 0.3 is 0 Å². The second-order valence-corrected chi connectivity index (χ2v) is 6.41. The van der Waals surface area contributed by atoms with Crippen LogP contribution in [0, 0.1) is 0 Å². The molecule has 0 aromatic heterocycles. The first-order valence-corrected chi connectivity index (χ1v) is 8.60. The second-order valence-electron chi connectivity index (χ2n) is 6.41. The highest BCUT2D eigenvalue weighted by Gasteiger charge is 2.10. The fourth-order valence-electron chi connectivity index (χ4n) is 3.46. The average Bonchev–Trinajstić information content (AvgIpc) is 2.69. The highest BCUT2D eigenvalue weighted by Crippen LogP contribution is 2.39. The van der Waals surface area contributed by atoms with E-state index >= 15 is 0 Å². The molecule has 1 N–H and O–H groups in total. The molecule has 0 bridgehead atoms. The summed E-state index contributed by atoms with van der Waals surface area (Å²) >= 11 is 0. The average molecular weight is 336 g/mol. The van der Waals surface area contributed by atoms with E-state index in [1.54, 1.807) is 0 Å². The van der Waals surface area contributed by atoms with Crippen LogP contribution in [0.4, 0.5) is 0 Å². The van der Waals surface area contributed by atoms with Crippen molar-refractivity contribution in [3.8, 4) is 17.2 Å². The van der Waals surface area contributed by atoms with Crippen molar-refractivity contribution in [3.63, 3.8) is 0 Å². The Balaban J connectivity index is 1.68. The lowest BCUT2D eigenvalue weighted by Gasteiger charge is -2.12. The molecule has 26 heavy (non-hydrogen) atoms. The summed E-state index contributed by atoms with van der Waals surface area (Å²) in [6.45, 7) is 0. The van der Waals surface area contributed by atoms with E-state index in [-0.39, 0.29) is 5.75 Å². The van der Waals surface area contributed by atoms with Crippen LogP contribution in [0.2, 0.25) is 0 Å². The monoisotopic (exact) mass is 336 g/mol. The topological polar surface area (TPSA) is 29.5 Å². The molecule has 0 unspecified atom stereocenters. The molecule has 0 atom stereocenters. The maximum absolute atomic E-state index is 10.6. The first kappa shape index (κ1) is 14.8. The van der Waals surface area contributed by atoms with Crippen LogP contribution in [-0.2, 0) is 0 Å².